The third-order valence-corrected chi connectivity index (χ3v) is 3.50. The van der Waals surface area contributed by atoms with Crippen LogP contribution in [-0.2, 0) is 9.53 Å². The number of carbonyl (C=O) groups excluding carboxylic acids is 1. The average molecular weight is 279 g/mol. The normalized spacial score (nSPS) is 13.9. The maximum Gasteiger partial charge on any atom is 0.329 e. The van der Waals surface area contributed by atoms with Crippen molar-refractivity contribution in [1.29, 1.82) is 0 Å². The predicted octanol–water partition coefficient (Wildman–Crippen LogP) is 2.65. The van der Waals surface area contributed by atoms with Gasteiger partial charge in [-0.2, -0.15) is 0 Å². The molecule has 0 aliphatic carbocycles. The van der Waals surface area contributed by atoms with E-state index in [-0.39, 0.29) is 12.6 Å². The summed E-state index contributed by atoms with van der Waals surface area (Å²) in [5.74, 6) is 0.855. The van der Waals surface area contributed by atoms with Gasteiger partial charge in [-0.05, 0) is 44.0 Å². The van der Waals surface area contributed by atoms with Gasteiger partial charge in [0.25, 0.3) is 0 Å². The second-order valence-corrected chi connectivity index (χ2v) is 5.56. The third kappa shape index (κ3) is 3.73. The monoisotopic (exact) mass is 279 g/mol. The largest absolute Gasteiger partial charge is 0.491 e. The molecule has 0 spiro atoms. The predicted molar refractivity (Wildman–Crippen MR) is 80.2 cm³/mol. The van der Waals surface area contributed by atoms with Crippen molar-refractivity contribution in [3.05, 3.63) is 29.3 Å². The summed E-state index contributed by atoms with van der Waals surface area (Å²) < 4.78 is 10.7. The van der Waals surface area contributed by atoms with Crippen molar-refractivity contribution in [3.8, 4) is 5.75 Å². The van der Waals surface area contributed by atoms with Crippen LogP contribution >= 0.6 is 0 Å². The summed E-state index contributed by atoms with van der Waals surface area (Å²) in [6, 6.07) is 6.15. The van der Waals surface area contributed by atoms with Crippen LogP contribution in [0.2, 0.25) is 0 Å². The Labute approximate surface area is 121 Å². The molecule has 0 aromatic heterocycles. The first-order valence-corrected chi connectivity index (χ1v) is 6.84. The van der Waals surface area contributed by atoms with Gasteiger partial charge >= 0.3 is 5.97 Å². The Morgan fingerprint density at radius 1 is 1.40 bits per heavy atom. The summed E-state index contributed by atoms with van der Waals surface area (Å²) in [5, 5.41) is 2.96. The van der Waals surface area contributed by atoms with Gasteiger partial charge in [0.2, 0.25) is 0 Å². The van der Waals surface area contributed by atoms with Gasteiger partial charge in [-0.1, -0.05) is 26.0 Å². The summed E-state index contributed by atoms with van der Waals surface area (Å²) >= 11 is 0. The van der Waals surface area contributed by atoms with E-state index in [1.807, 2.05) is 13.0 Å². The number of esters is 1. The minimum atomic E-state index is -0.854. The summed E-state index contributed by atoms with van der Waals surface area (Å²) in [6.45, 7) is 8.25. The van der Waals surface area contributed by atoms with Gasteiger partial charge in [-0.25, -0.2) is 4.79 Å². The minimum Gasteiger partial charge on any atom is -0.491 e. The molecule has 1 rings (SSSR count). The second kappa shape index (κ2) is 6.75. The van der Waals surface area contributed by atoms with Crippen molar-refractivity contribution in [3.63, 3.8) is 0 Å². The number of ether oxygens (including phenoxy) is 2. The van der Waals surface area contributed by atoms with E-state index in [2.05, 4.69) is 31.3 Å². The van der Waals surface area contributed by atoms with E-state index in [1.165, 1.54) is 7.11 Å². The molecule has 0 saturated carbocycles. The molecule has 1 atom stereocenters. The van der Waals surface area contributed by atoms with E-state index in [0.717, 1.165) is 16.9 Å². The Balaban J connectivity index is 2.93. The van der Waals surface area contributed by atoms with Gasteiger partial charge in [0.15, 0.2) is 0 Å². The first-order valence-electron chi connectivity index (χ1n) is 6.84. The van der Waals surface area contributed by atoms with Gasteiger partial charge in [0, 0.05) is 0 Å². The number of carbonyl (C=O) groups is 1. The fourth-order valence-corrected chi connectivity index (χ4v) is 1.92. The molecular weight excluding hydrogens is 254 g/mol. The van der Waals surface area contributed by atoms with Crippen LogP contribution in [0.5, 0.6) is 5.75 Å². The number of aryl methyl sites for hydroxylation is 1. The smallest absolute Gasteiger partial charge is 0.329 e. The van der Waals surface area contributed by atoms with Crippen LogP contribution in [0.25, 0.3) is 0 Å². The van der Waals surface area contributed by atoms with Crippen LogP contribution in [0.15, 0.2) is 18.2 Å². The van der Waals surface area contributed by atoms with Crippen LogP contribution in [0, 0.1) is 6.92 Å². The number of nitrogens with one attached hydrogen (secondary N) is 1. The number of likely N-dealkylation sites (N-methyl/N-ethyl adjacent to an activating group) is 1. The highest BCUT2D eigenvalue weighted by Gasteiger charge is 2.34. The molecule has 1 unspecified atom stereocenters. The highest BCUT2D eigenvalue weighted by molar-refractivity contribution is 5.80. The molecule has 0 bridgehead atoms. The molecule has 1 aromatic carbocycles. The molecule has 0 aliphatic heterocycles. The molecular formula is C16H25NO3. The van der Waals surface area contributed by atoms with Crippen molar-refractivity contribution in [1.82, 2.24) is 5.32 Å². The zero-order valence-electron chi connectivity index (χ0n) is 13.2. The number of hydrogen-bond acceptors (Lipinski definition) is 4. The molecule has 0 aliphatic rings. The highest BCUT2D eigenvalue weighted by Crippen LogP contribution is 2.28. The van der Waals surface area contributed by atoms with E-state index < -0.39 is 5.54 Å². The lowest BCUT2D eigenvalue weighted by atomic mass is 10.00. The second-order valence-electron chi connectivity index (χ2n) is 5.56. The molecule has 1 aromatic rings. The number of methoxy groups -OCH3 is 1. The molecule has 20 heavy (non-hydrogen) atoms. The Kier molecular flexibility index (Phi) is 5.57. The third-order valence-electron chi connectivity index (χ3n) is 3.50. The fourth-order valence-electron chi connectivity index (χ4n) is 1.92. The van der Waals surface area contributed by atoms with Gasteiger partial charge in [0.1, 0.15) is 17.9 Å². The Bertz CT molecular complexity index is 471. The number of hydrogen-bond donors (Lipinski definition) is 1. The summed E-state index contributed by atoms with van der Waals surface area (Å²) in [7, 11) is 3.10. The highest BCUT2D eigenvalue weighted by atomic mass is 16.5. The summed E-state index contributed by atoms with van der Waals surface area (Å²) in [4.78, 5) is 11.8. The van der Waals surface area contributed by atoms with Crippen LogP contribution in [0.4, 0.5) is 0 Å². The Morgan fingerprint density at radius 3 is 2.55 bits per heavy atom. The topological polar surface area (TPSA) is 47.6 Å². The molecule has 0 fully saturated rings. The van der Waals surface area contributed by atoms with E-state index >= 15 is 0 Å². The summed E-state index contributed by atoms with van der Waals surface area (Å²) in [6.07, 6.45) is 0. The van der Waals surface area contributed by atoms with Crippen LogP contribution in [0.3, 0.4) is 0 Å². The maximum atomic E-state index is 11.8. The number of rotatable bonds is 6. The van der Waals surface area contributed by atoms with E-state index in [0.29, 0.717) is 5.92 Å². The fraction of sp³-hybridized carbons (Fsp3) is 0.562. The van der Waals surface area contributed by atoms with Gasteiger partial charge in [-0.3, -0.25) is 0 Å². The molecule has 1 N–H and O–H groups in total. The average Bonchev–Trinajstić information content (AvgIpc) is 2.43. The molecule has 0 heterocycles. The molecule has 112 valence electrons. The summed E-state index contributed by atoms with van der Waals surface area (Å²) in [5.41, 5.74) is 1.42. The zero-order chi connectivity index (χ0) is 15.3. The van der Waals surface area contributed by atoms with Gasteiger partial charge in [-0.15, -0.1) is 0 Å². The van der Waals surface area contributed by atoms with Crippen LogP contribution in [-0.4, -0.2) is 32.3 Å². The molecule has 0 radical (unpaired) electrons. The Hall–Kier alpha value is -1.55. The SMILES string of the molecule is CNC(C)(COc1cc(C)ccc1C(C)C)C(=O)OC. The quantitative estimate of drug-likeness (QED) is 0.813. The Morgan fingerprint density at radius 2 is 2.05 bits per heavy atom. The first-order chi connectivity index (χ1) is 9.34. The van der Waals surface area contributed by atoms with Crippen molar-refractivity contribution >= 4 is 5.97 Å². The lowest BCUT2D eigenvalue weighted by molar-refractivity contribution is -0.148. The number of benzene rings is 1. The molecule has 4 nitrogen and oxygen atoms in total. The molecule has 0 amide bonds. The van der Waals surface area contributed by atoms with Crippen molar-refractivity contribution < 1.29 is 14.3 Å². The molecule has 0 saturated heterocycles. The standard InChI is InChI=1S/C16H25NO3/c1-11(2)13-8-7-12(3)9-14(13)20-10-16(4,17-5)15(18)19-6/h7-9,11,17H,10H2,1-6H3. The van der Waals surface area contributed by atoms with Gasteiger partial charge < -0.3 is 14.8 Å². The van der Waals surface area contributed by atoms with Crippen molar-refractivity contribution in [2.45, 2.75) is 39.2 Å². The van der Waals surface area contributed by atoms with Crippen molar-refractivity contribution in [2.24, 2.45) is 0 Å². The zero-order valence-corrected chi connectivity index (χ0v) is 13.2. The van der Waals surface area contributed by atoms with E-state index in [1.54, 1.807) is 14.0 Å². The van der Waals surface area contributed by atoms with Crippen LogP contribution in [0.1, 0.15) is 37.8 Å². The van der Waals surface area contributed by atoms with Gasteiger partial charge in [0.05, 0.1) is 7.11 Å². The lowest BCUT2D eigenvalue weighted by Crippen LogP contribution is -2.52. The first kappa shape index (κ1) is 16.5. The lowest BCUT2D eigenvalue weighted by Gasteiger charge is -2.27. The van der Waals surface area contributed by atoms with E-state index in [9.17, 15) is 4.79 Å². The van der Waals surface area contributed by atoms with Crippen LogP contribution < -0.4 is 10.1 Å². The van der Waals surface area contributed by atoms with E-state index in [4.69, 9.17) is 9.47 Å². The maximum absolute atomic E-state index is 11.8. The molecule has 4 heteroatoms. The minimum absolute atomic E-state index is 0.222. The van der Waals surface area contributed by atoms with Crippen molar-refractivity contribution in [2.75, 3.05) is 20.8 Å².